The summed E-state index contributed by atoms with van der Waals surface area (Å²) in [4.78, 5) is 13.1. The predicted octanol–water partition coefficient (Wildman–Crippen LogP) is 11.5. The fourth-order valence-corrected chi connectivity index (χ4v) is 9.20. The van der Waals surface area contributed by atoms with Crippen LogP contribution in [0.25, 0.3) is 0 Å². The second kappa shape index (κ2) is 42.0. The average molecular weight is 934 g/mol. The largest absolute Gasteiger partial charge is 0.397 e. The Bertz CT molecular complexity index is 1190. The number of hydrogen-bond donors (Lipinski definition) is 6. The first-order valence-electron chi connectivity index (χ1n) is 26.6. The zero-order valence-electron chi connectivity index (χ0n) is 40.9. The zero-order valence-corrected chi connectivity index (χ0v) is 41.7. The van der Waals surface area contributed by atoms with Crippen LogP contribution in [0.2, 0.25) is 0 Å². The molecule has 1 saturated heterocycles. The van der Waals surface area contributed by atoms with Gasteiger partial charge in [-0.2, -0.15) is 8.42 Å². The normalized spacial score (nSPS) is 20.3. The summed E-state index contributed by atoms with van der Waals surface area (Å²) in [5, 5.41) is 44.9. The van der Waals surface area contributed by atoms with E-state index in [2.05, 4.69) is 35.5 Å². The molecule has 0 bridgehead atoms. The molecule has 1 heterocycles. The van der Waals surface area contributed by atoms with Crippen molar-refractivity contribution in [3.63, 3.8) is 0 Å². The lowest BCUT2D eigenvalue weighted by Gasteiger charge is -2.41. The fourth-order valence-electron chi connectivity index (χ4n) is 8.69. The molecule has 12 nitrogen and oxygen atoms in total. The summed E-state index contributed by atoms with van der Waals surface area (Å²) in [6.07, 6.45) is 39.3. The molecular weight excluding hydrogens is 835 g/mol. The van der Waals surface area contributed by atoms with Crippen LogP contribution in [0.4, 0.5) is 0 Å². The van der Waals surface area contributed by atoms with Crippen molar-refractivity contribution < 1.29 is 51.8 Å². The van der Waals surface area contributed by atoms with E-state index < -0.39 is 59.9 Å². The van der Waals surface area contributed by atoms with Crippen LogP contribution in [0.5, 0.6) is 0 Å². The van der Waals surface area contributed by atoms with Gasteiger partial charge in [-0.15, -0.1) is 0 Å². The molecule has 6 N–H and O–H groups in total. The van der Waals surface area contributed by atoms with Gasteiger partial charge in [0.1, 0.15) is 24.4 Å². The van der Waals surface area contributed by atoms with Crippen LogP contribution >= 0.6 is 0 Å². The van der Waals surface area contributed by atoms with Crippen LogP contribution in [-0.4, -0.2) is 95.4 Å². The number of rotatable bonds is 46. The van der Waals surface area contributed by atoms with Gasteiger partial charge in [-0.3, -0.25) is 9.35 Å². The van der Waals surface area contributed by atoms with Crippen molar-refractivity contribution in [2.45, 2.75) is 294 Å². The van der Waals surface area contributed by atoms with Crippen LogP contribution in [0.15, 0.2) is 12.2 Å². The first-order valence-corrected chi connectivity index (χ1v) is 27.9. The van der Waals surface area contributed by atoms with Crippen molar-refractivity contribution in [3.8, 4) is 0 Å². The van der Waals surface area contributed by atoms with E-state index in [4.69, 9.17) is 9.47 Å². The number of carbonyl (C=O) groups excluding carboxylic acids is 1. The first-order chi connectivity index (χ1) is 31.0. The van der Waals surface area contributed by atoms with Gasteiger partial charge in [-0.25, -0.2) is 4.18 Å². The molecule has 0 aromatic rings. The Morgan fingerprint density at radius 3 is 1.41 bits per heavy atom. The number of carbonyl (C=O) groups is 1. The van der Waals surface area contributed by atoms with Crippen molar-refractivity contribution in [2.24, 2.45) is 0 Å². The molecule has 64 heavy (non-hydrogen) atoms. The molecule has 0 spiro atoms. The predicted molar refractivity (Wildman–Crippen MR) is 259 cm³/mol. The molecule has 1 fully saturated rings. The lowest BCUT2D eigenvalue weighted by Crippen LogP contribution is -2.61. The Balaban J connectivity index is 2.36. The Morgan fingerprint density at radius 2 is 1.00 bits per heavy atom. The minimum atomic E-state index is -5.08. The zero-order chi connectivity index (χ0) is 46.9. The number of allylic oxidation sites excluding steroid dienone is 2. The number of aliphatic hydroxyl groups excluding tert-OH is 4. The van der Waals surface area contributed by atoms with Gasteiger partial charge in [0.2, 0.25) is 5.91 Å². The third-order valence-electron chi connectivity index (χ3n) is 12.8. The molecule has 7 atom stereocenters. The van der Waals surface area contributed by atoms with Gasteiger partial charge in [0.15, 0.2) is 6.29 Å². The van der Waals surface area contributed by atoms with Crippen LogP contribution in [-0.2, 0) is 28.9 Å². The standard InChI is InChI=1S/C51H99NO11S/c1-3-5-7-9-11-13-15-17-18-19-20-21-22-23-24-25-26-27-29-31-33-35-37-39-41-47(55)52-44(45(54)40-38-36-34-32-30-28-16-14-12-10-8-6-4-2)43-61-51-49(57)50(63-64(58,59)60)48(56)46(42-53)62-51/h23-24,44-46,48-51,53-54,56-57H,3-22,25-43H2,1-2H3,(H,52,55)(H,58,59,60)/b24-23-. The van der Waals surface area contributed by atoms with E-state index in [0.29, 0.717) is 19.3 Å². The number of unbranched alkanes of at least 4 members (excludes halogenated alkanes) is 32. The van der Waals surface area contributed by atoms with Gasteiger partial charge in [0.05, 0.1) is 25.4 Å². The van der Waals surface area contributed by atoms with Gasteiger partial charge in [0, 0.05) is 6.42 Å². The Labute approximate surface area is 391 Å². The maximum atomic E-state index is 13.1. The molecule has 0 radical (unpaired) electrons. The molecular formula is C51H99NO11S. The monoisotopic (exact) mass is 934 g/mol. The SMILES string of the molecule is CCCCCCCCCCCCCC/C=C\CCCCCCCCCCC(=O)NC(COC1OC(CO)C(O)C(OS(=O)(=O)O)C1O)C(O)CCCCCCCCCCCCCCC. The molecule has 0 aromatic heterocycles. The number of amides is 1. The number of hydrogen-bond acceptors (Lipinski definition) is 10. The molecule has 1 rings (SSSR count). The summed E-state index contributed by atoms with van der Waals surface area (Å²) in [6, 6.07) is -0.856. The summed E-state index contributed by atoms with van der Waals surface area (Å²) < 4.78 is 47.8. The highest BCUT2D eigenvalue weighted by atomic mass is 32.3. The maximum Gasteiger partial charge on any atom is 0.397 e. The second-order valence-electron chi connectivity index (χ2n) is 18.8. The number of ether oxygens (including phenoxy) is 2. The van der Waals surface area contributed by atoms with Crippen molar-refractivity contribution >= 4 is 16.3 Å². The van der Waals surface area contributed by atoms with Gasteiger partial charge in [0.25, 0.3) is 0 Å². The van der Waals surface area contributed by atoms with Gasteiger partial charge in [-0.05, 0) is 38.5 Å². The fraction of sp³-hybridized carbons (Fsp3) is 0.941. The van der Waals surface area contributed by atoms with Gasteiger partial charge < -0.3 is 35.2 Å². The first kappa shape index (κ1) is 60.9. The van der Waals surface area contributed by atoms with E-state index >= 15 is 0 Å². The molecule has 1 amide bonds. The molecule has 380 valence electrons. The summed E-state index contributed by atoms with van der Waals surface area (Å²) in [5.41, 5.74) is 0. The smallest absolute Gasteiger partial charge is 0.394 e. The third-order valence-corrected chi connectivity index (χ3v) is 13.3. The molecule has 1 aliphatic rings. The molecule has 0 aliphatic carbocycles. The summed E-state index contributed by atoms with van der Waals surface area (Å²) in [7, 11) is -5.08. The van der Waals surface area contributed by atoms with Gasteiger partial charge in [-0.1, -0.05) is 219 Å². The quantitative estimate of drug-likeness (QED) is 0.0193. The minimum Gasteiger partial charge on any atom is -0.394 e. The molecule has 0 aromatic carbocycles. The summed E-state index contributed by atoms with van der Waals surface area (Å²) in [6.45, 7) is 3.47. The van der Waals surface area contributed by atoms with E-state index in [1.807, 2.05) is 0 Å². The van der Waals surface area contributed by atoms with Crippen molar-refractivity contribution in [1.29, 1.82) is 0 Å². The highest BCUT2D eigenvalue weighted by molar-refractivity contribution is 7.80. The summed E-state index contributed by atoms with van der Waals surface area (Å²) >= 11 is 0. The number of nitrogens with one attached hydrogen (secondary N) is 1. The van der Waals surface area contributed by atoms with Crippen LogP contribution in [0, 0.1) is 0 Å². The molecule has 7 unspecified atom stereocenters. The summed E-state index contributed by atoms with van der Waals surface area (Å²) in [5.74, 6) is -0.230. The molecule has 1 aliphatic heterocycles. The Morgan fingerprint density at radius 1 is 0.609 bits per heavy atom. The van der Waals surface area contributed by atoms with E-state index in [1.165, 1.54) is 167 Å². The van der Waals surface area contributed by atoms with E-state index in [9.17, 15) is 38.2 Å². The Kier molecular flexibility index (Phi) is 39.9. The van der Waals surface area contributed by atoms with E-state index in [-0.39, 0.29) is 12.5 Å². The van der Waals surface area contributed by atoms with Gasteiger partial charge >= 0.3 is 10.4 Å². The molecule has 0 saturated carbocycles. The molecule has 13 heteroatoms. The second-order valence-corrected chi connectivity index (χ2v) is 19.9. The Hall–Kier alpha value is -1.16. The minimum absolute atomic E-state index is 0.230. The van der Waals surface area contributed by atoms with E-state index in [1.54, 1.807) is 0 Å². The van der Waals surface area contributed by atoms with Crippen LogP contribution in [0.3, 0.4) is 0 Å². The number of aliphatic hydroxyl groups is 4. The highest BCUT2D eigenvalue weighted by Crippen LogP contribution is 2.26. The van der Waals surface area contributed by atoms with Crippen molar-refractivity contribution in [2.75, 3.05) is 13.2 Å². The maximum absolute atomic E-state index is 13.1. The highest BCUT2D eigenvalue weighted by Gasteiger charge is 2.48. The van der Waals surface area contributed by atoms with E-state index in [0.717, 1.165) is 51.4 Å². The third kappa shape index (κ3) is 34.2. The topological polar surface area (TPSA) is 192 Å². The lowest BCUT2D eigenvalue weighted by atomic mass is 9.99. The van der Waals surface area contributed by atoms with Crippen LogP contribution < -0.4 is 5.32 Å². The lowest BCUT2D eigenvalue weighted by molar-refractivity contribution is -0.298. The van der Waals surface area contributed by atoms with Crippen molar-refractivity contribution in [1.82, 2.24) is 5.32 Å². The van der Waals surface area contributed by atoms with Crippen molar-refractivity contribution in [3.05, 3.63) is 12.2 Å². The van der Waals surface area contributed by atoms with Crippen LogP contribution in [0.1, 0.15) is 251 Å². The average Bonchev–Trinajstić information content (AvgIpc) is 3.27.